The Kier molecular flexibility index (Phi) is 5.80. The first kappa shape index (κ1) is 17.5. The van der Waals surface area contributed by atoms with Gasteiger partial charge in [0.15, 0.2) is 11.5 Å². The molecule has 0 saturated heterocycles. The molecule has 1 heterocycles. The third kappa shape index (κ3) is 5.08. The number of carbonyl (C=O) groups is 1. The van der Waals surface area contributed by atoms with E-state index in [0.717, 1.165) is 10.6 Å². The summed E-state index contributed by atoms with van der Waals surface area (Å²) in [5, 5.41) is 2.60. The number of sulfonamides is 1. The molecule has 0 bridgehead atoms. The number of ether oxygens (including phenoxy) is 3. The van der Waals surface area contributed by atoms with E-state index in [4.69, 9.17) is 14.2 Å². The summed E-state index contributed by atoms with van der Waals surface area (Å²) >= 11 is 0. The number of carbonyl (C=O) groups excluding carboxylic acids is 1. The highest BCUT2D eigenvalue weighted by Gasteiger charge is 2.22. The summed E-state index contributed by atoms with van der Waals surface area (Å²) in [4.78, 5) is 11.8. The first-order chi connectivity index (χ1) is 10.9. The largest absolute Gasteiger partial charge is 0.454 e. The summed E-state index contributed by atoms with van der Waals surface area (Å²) in [6, 6.07) is 5.18. The second-order valence-corrected chi connectivity index (χ2v) is 7.04. The fraction of sp³-hybridized carbons (Fsp3) is 0.500. The Morgan fingerprint density at radius 2 is 2.09 bits per heavy atom. The van der Waals surface area contributed by atoms with Gasteiger partial charge in [0, 0.05) is 20.2 Å². The normalized spacial score (nSPS) is 13.3. The maximum Gasteiger partial charge on any atom is 0.235 e. The highest BCUT2D eigenvalue weighted by Crippen LogP contribution is 2.32. The Morgan fingerprint density at radius 1 is 1.35 bits per heavy atom. The third-order valence-corrected chi connectivity index (χ3v) is 4.41. The molecule has 0 aromatic heterocycles. The van der Waals surface area contributed by atoms with Gasteiger partial charge in [-0.1, -0.05) is 6.07 Å². The Morgan fingerprint density at radius 3 is 2.78 bits per heavy atom. The van der Waals surface area contributed by atoms with Crippen molar-refractivity contribution >= 4 is 15.9 Å². The molecule has 1 aromatic rings. The van der Waals surface area contributed by atoms with Gasteiger partial charge in [-0.15, -0.1) is 0 Å². The van der Waals surface area contributed by atoms with E-state index in [9.17, 15) is 13.2 Å². The Labute approximate surface area is 135 Å². The van der Waals surface area contributed by atoms with Gasteiger partial charge in [-0.05, 0) is 17.7 Å². The Balaban J connectivity index is 2.03. The van der Waals surface area contributed by atoms with Crippen LogP contribution in [0.4, 0.5) is 0 Å². The van der Waals surface area contributed by atoms with E-state index in [0.29, 0.717) is 30.2 Å². The van der Waals surface area contributed by atoms with E-state index in [1.165, 1.54) is 7.11 Å². The van der Waals surface area contributed by atoms with Crippen LogP contribution >= 0.6 is 0 Å². The molecule has 1 aromatic carbocycles. The van der Waals surface area contributed by atoms with Crippen molar-refractivity contribution in [3.05, 3.63) is 23.8 Å². The average molecular weight is 344 g/mol. The van der Waals surface area contributed by atoms with Crippen molar-refractivity contribution in [3.63, 3.8) is 0 Å². The molecule has 1 amide bonds. The van der Waals surface area contributed by atoms with Crippen molar-refractivity contribution in [1.29, 1.82) is 0 Å². The van der Waals surface area contributed by atoms with Crippen LogP contribution in [0.3, 0.4) is 0 Å². The number of methoxy groups -OCH3 is 1. The minimum absolute atomic E-state index is 0.0766. The highest BCUT2D eigenvalue weighted by molar-refractivity contribution is 7.88. The van der Waals surface area contributed by atoms with Crippen LogP contribution in [0.2, 0.25) is 0 Å². The van der Waals surface area contributed by atoms with E-state index in [1.807, 2.05) is 0 Å². The lowest BCUT2D eigenvalue weighted by molar-refractivity contribution is -0.121. The standard InChI is InChI=1S/C14H20N2O6S/c1-20-6-5-15-14(17)9-16(23(2,18)19)8-11-3-4-12-13(7-11)22-10-21-12/h3-4,7H,5-6,8-10H2,1-2H3,(H,15,17). The second kappa shape index (κ2) is 7.62. The summed E-state index contributed by atoms with van der Waals surface area (Å²) in [6.07, 6.45) is 1.07. The summed E-state index contributed by atoms with van der Waals surface area (Å²) in [5.74, 6) is 0.811. The molecule has 1 N–H and O–H groups in total. The van der Waals surface area contributed by atoms with Gasteiger partial charge in [0.25, 0.3) is 0 Å². The quantitative estimate of drug-likeness (QED) is 0.664. The number of hydrogen-bond acceptors (Lipinski definition) is 6. The molecule has 0 atom stereocenters. The highest BCUT2D eigenvalue weighted by atomic mass is 32.2. The number of nitrogens with one attached hydrogen (secondary N) is 1. The average Bonchev–Trinajstić information content (AvgIpc) is 2.93. The predicted molar refractivity (Wildman–Crippen MR) is 82.7 cm³/mol. The lowest BCUT2D eigenvalue weighted by Crippen LogP contribution is -2.40. The summed E-state index contributed by atoms with van der Waals surface area (Å²) in [7, 11) is -2.01. The number of fused-ring (bicyclic) bond motifs is 1. The Hall–Kier alpha value is -1.84. The van der Waals surface area contributed by atoms with E-state index >= 15 is 0 Å². The molecule has 0 radical (unpaired) electrons. The van der Waals surface area contributed by atoms with E-state index < -0.39 is 10.0 Å². The maximum atomic E-state index is 11.9. The molecule has 0 aliphatic carbocycles. The maximum absolute atomic E-state index is 11.9. The van der Waals surface area contributed by atoms with Crippen LogP contribution in [-0.2, 0) is 26.1 Å². The smallest absolute Gasteiger partial charge is 0.235 e. The van der Waals surface area contributed by atoms with Crippen LogP contribution in [0.25, 0.3) is 0 Å². The molecule has 128 valence electrons. The van der Waals surface area contributed by atoms with Crippen molar-refractivity contribution in [2.45, 2.75) is 6.54 Å². The van der Waals surface area contributed by atoms with E-state index in [1.54, 1.807) is 18.2 Å². The van der Waals surface area contributed by atoms with Crippen LogP contribution in [-0.4, -0.2) is 58.5 Å². The summed E-state index contributed by atoms with van der Waals surface area (Å²) < 4.78 is 40.2. The summed E-state index contributed by atoms with van der Waals surface area (Å²) in [6.45, 7) is 0.671. The predicted octanol–water partition coefficient (Wildman–Crippen LogP) is -0.0605. The zero-order valence-corrected chi connectivity index (χ0v) is 13.9. The van der Waals surface area contributed by atoms with Gasteiger partial charge in [-0.25, -0.2) is 8.42 Å². The lowest BCUT2D eigenvalue weighted by atomic mass is 10.2. The zero-order valence-electron chi connectivity index (χ0n) is 13.1. The SMILES string of the molecule is COCCNC(=O)CN(Cc1ccc2c(c1)OCO2)S(C)(=O)=O. The molecule has 1 aliphatic heterocycles. The van der Waals surface area contributed by atoms with Crippen molar-refractivity contribution in [2.24, 2.45) is 0 Å². The molecule has 0 saturated carbocycles. The molecule has 0 fully saturated rings. The molecule has 1 aliphatic rings. The molecule has 8 nitrogen and oxygen atoms in total. The second-order valence-electron chi connectivity index (χ2n) is 5.06. The third-order valence-electron chi connectivity index (χ3n) is 3.21. The molecule has 0 spiro atoms. The number of amides is 1. The molecular formula is C14H20N2O6S. The fourth-order valence-electron chi connectivity index (χ4n) is 2.04. The van der Waals surface area contributed by atoms with Gasteiger partial charge in [0.05, 0.1) is 19.4 Å². The molecule has 0 unspecified atom stereocenters. The minimum atomic E-state index is -3.53. The van der Waals surface area contributed by atoms with Gasteiger partial charge in [-0.3, -0.25) is 4.79 Å². The first-order valence-electron chi connectivity index (χ1n) is 6.99. The van der Waals surface area contributed by atoms with Gasteiger partial charge in [0.1, 0.15) is 0 Å². The van der Waals surface area contributed by atoms with Crippen LogP contribution in [0.1, 0.15) is 5.56 Å². The lowest BCUT2D eigenvalue weighted by Gasteiger charge is -2.19. The minimum Gasteiger partial charge on any atom is -0.454 e. The van der Waals surface area contributed by atoms with Crippen LogP contribution in [0.5, 0.6) is 11.5 Å². The number of benzene rings is 1. The van der Waals surface area contributed by atoms with Crippen molar-refractivity contribution in [3.8, 4) is 11.5 Å². The van der Waals surface area contributed by atoms with Crippen molar-refractivity contribution < 1.29 is 27.4 Å². The van der Waals surface area contributed by atoms with Crippen molar-refractivity contribution in [1.82, 2.24) is 9.62 Å². The molecule has 9 heteroatoms. The van der Waals surface area contributed by atoms with E-state index in [-0.39, 0.29) is 25.8 Å². The molecule has 2 rings (SSSR count). The van der Waals surface area contributed by atoms with Crippen LogP contribution < -0.4 is 14.8 Å². The van der Waals surface area contributed by atoms with Gasteiger partial charge in [0.2, 0.25) is 22.7 Å². The monoisotopic (exact) mass is 344 g/mol. The topological polar surface area (TPSA) is 94.2 Å². The Bertz CT molecular complexity index is 661. The number of nitrogens with zero attached hydrogens (tertiary/aromatic N) is 1. The number of hydrogen-bond donors (Lipinski definition) is 1. The van der Waals surface area contributed by atoms with Crippen molar-refractivity contribution in [2.75, 3.05) is 39.9 Å². The van der Waals surface area contributed by atoms with Crippen LogP contribution in [0.15, 0.2) is 18.2 Å². The zero-order chi connectivity index (χ0) is 16.9. The van der Waals surface area contributed by atoms with Gasteiger partial charge < -0.3 is 19.5 Å². The molecular weight excluding hydrogens is 324 g/mol. The van der Waals surface area contributed by atoms with Gasteiger partial charge >= 0.3 is 0 Å². The first-order valence-corrected chi connectivity index (χ1v) is 8.84. The molecule has 23 heavy (non-hydrogen) atoms. The van der Waals surface area contributed by atoms with Crippen LogP contribution in [0, 0.1) is 0 Å². The fourth-order valence-corrected chi connectivity index (χ4v) is 2.78. The van der Waals surface area contributed by atoms with E-state index in [2.05, 4.69) is 5.32 Å². The summed E-state index contributed by atoms with van der Waals surface area (Å²) in [5.41, 5.74) is 0.712. The van der Waals surface area contributed by atoms with Gasteiger partial charge in [-0.2, -0.15) is 4.31 Å². The number of rotatable bonds is 8.